The Hall–Kier alpha value is -2.93. The maximum Gasteiger partial charge on any atom is 0.358 e. The molecule has 1 heterocycles. The Morgan fingerprint density at radius 1 is 1.39 bits per heavy atom. The Labute approximate surface area is 169 Å². The first kappa shape index (κ1) is 21.4. The quantitative estimate of drug-likeness (QED) is 0.531. The number of aromatic nitrogens is 3. The summed E-state index contributed by atoms with van der Waals surface area (Å²) >= 11 is 6.15. The zero-order valence-corrected chi connectivity index (χ0v) is 17.0. The average molecular weight is 403 g/mol. The van der Waals surface area contributed by atoms with Crippen molar-refractivity contribution in [2.45, 2.75) is 32.7 Å². The molecule has 0 saturated carbocycles. The third-order valence-electron chi connectivity index (χ3n) is 3.76. The number of aliphatic imine (C=N–C) groups is 1. The molecule has 0 radical (unpaired) electrons. The first-order chi connectivity index (χ1) is 13.3. The van der Waals surface area contributed by atoms with E-state index in [2.05, 4.69) is 15.3 Å². The molecule has 1 aromatic heterocycles. The third-order valence-corrected chi connectivity index (χ3v) is 3.89. The van der Waals surface area contributed by atoms with E-state index >= 15 is 0 Å². The zero-order valence-electron chi connectivity index (χ0n) is 16.3. The van der Waals surface area contributed by atoms with Gasteiger partial charge >= 0.3 is 5.97 Å². The SMILES string of the molecule is C\C=C/C(C)=N\C(=C/C(C)Cl)c1c(C(=O)O)nnn1Cc1ccc(OC)cc1. The molecule has 0 aliphatic heterocycles. The molecule has 0 spiro atoms. The van der Waals surface area contributed by atoms with Crippen LogP contribution in [0.15, 0.2) is 47.5 Å². The summed E-state index contributed by atoms with van der Waals surface area (Å²) in [5, 5.41) is 17.1. The largest absolute Gasteiger partial charge is 0.497 e. The normalized spacial score (nSPS) is 13.8. The smallest absolute Gasteiger partial charge is 0.358 e. The second kappa shape index (κ2) is 9.85. The van der Waals surface area contributed by atoms with Crippen LogP contribution in [0.4, 0.5) is 0 Å². The van der Waals surface area contributed by atoms with Crippen LogP contribution >= 0.6 is 11.6 Å². The summed E-state index contributed by atoms with van der Waals surface area (Å²) in [6, 6.07) is 7.42. The van der Waals surface area contributed by atoms with E-state index in [1.165, 1.54) is 4.68 Å². The molecular weight excluding hydrogens is 380 g/mol. The predicted molar refractivity (Wildman–Crippen MR) is 110 cm³/mol. The molecule has 1 N–H and O–H groups in total. The van der Waals surface area contributed by atoms with E-state index in [-0.39, 0.29) is 11.1 Å². The van der Waals surface area contributed by atoms with Crippen LogP contribution in [0.25, 0.3) is 5.70 Å². The fourth-order valence-electron chi connectivity index (χ4n) is 2.58. The molecule has 28 heavy (non-hydrogen) atoms. The molecule has 1 aromatic carbocycles. The van der Waals surface area contributed by atoms with Crippen molar-refractivity contribution in [3.05, 3.63) is 59.4 Å². The standard InChI is InChI=1S/C20H23ClN4O3/c1-5-6-14(3)22-17(11-13(2)21)19-18(20(26)27)23-24-25(19)12-15-7-9-16(28-4)10-8-15/h5-11,13H,12H2,1-4H3,(H,26,27)/b6-5-,17-11-,22-14-. The maximum atomic E-state index is 11.7. The molecule has 1 atom stereocenters. The van der Waals surface area contributed by atoms with Gasteiger partial charge in [-0.05, 0) is 50.6 Å². The second-order valence-corrected chi connectivity index (χ2v) is 6.77. The lowest BCUT2D eigenvalue weighted by atomic mass is 10.1. The average Bonchev–Trinajstić information content (AvgIpc) is 3.05. The Bertz CT molecular complexity index is 912. The summed E-state index contributed by atoms with van der Waals surface area (Å²) in [6.07, 6.45) is 5.36. The fraction of sp³-hybridized carbons (Fsp3) is 0.300. The number of rotatable bonds is 8. The van der Waals surface area contributed by atoms with Crippen LogP contribution in [-0.2, 0) is 6.54 Å². The summed E-state index contributed by atoms with van der Waals surface area (Å²) in [4.78, 5) is 16.3. The number of carboxylic acid groups (broad SMARTS) is 1. The summed E-state index contributed by atoms with van der Waals surface area (Å²) in [7, 11) is 1.60. The van der Waals surface area contributed by atoms with Crippen LogP contribution in [0, 0.1) is 0 Å². The molecular formula is C20H23ClN4O3. The number of halogens is 1. The molecule has 2 rings (SSSR count). The number of benzene rings is 1. The van der Waals surface area contributed by atoms with Gasteiger partial charge in [0.25, 0.3) is 0 Å². The fourth-order valence-corrected chi connectivity index (χ4v) is 2.70. The molecule has 8 heteroatoms. The van der Waals surface area contributed by atoms with Crippen LogP contribution in [0.3, 0.4) is 0 Å². The predicted octanol–water partition coefficient (Wildman–Crippen LogP) is 4.04. The van der Waals surface area contributed by atoms with Crippen molar-refractivity contribution in [2.75, 3.05) is 7.11 Å². The molecule has 0 bridgehead atoms. The number of methoxy groups -OCH3 is 1. The maximum absolute atomic E-state index is 11.7. The number of hydrogen-bond donors (Lipinski definition) is 1. The van der Waals surface area contributed by atoms with E-state index in [1.807, 2.05) is 50.3 Å². The van der Waals surface area contributed by atoms with Gasteiger partial charge in [0.15, 0.2) is 5.69 Å². The van der Waals surface area contributed by atoms with Gasteiger partial charge < -0.3 is 9.84 Å². The van der Waals surface area contributed by atoms with Gasteiger partial charge in [-0.3, -0.25) is 4.99 Å². The van der Waals surface area contributed by atoms with Gasteiger partial charge in [0.05, 0.1) is 24.7 Å². The number of aromatic carboxylic acids is 1. The highest BCUT2D eigenvalue weighted by atomic mass is 35.5. The molecule has 2 aromatic rings. The van der Waals surface area contributed by atoms with E-state index in [1.54, 1.807) is 20.1 Å². The van der Waals surface area contributed by atoms with Crippen molar-refractivity contribution in [2.24, 2.45) is 4.99 Å². The monoisotopic (exact) mass is 402 g/mol. The van der Waals surface area contributed by atoms with Crippen LogP contribution in [0.5, 0.6) is 5.75 Å². The van der Waals surface area contributed by atoms with Gasteiger partial charge in [0.2, 0.25) is 0 Å². The number of ether oxygens (including phenoxy) is 1. The minimum atomic E-state index is -1.18. The number of carbonyl (C=O) groups is 1. The zero-order chi connectivity index (χ0) is 20.7. The van der Waals surface area contributed by atoms with Gasteiger partial charge in [0.1, 0.15) is 11.4 Å². The summed E-state index contributed by atoms with van der Waals surface area (Å²) in [6.45, 7) is 5.81. The van der Waals surface area contributed by atoms with Crippen LogP contribution in [-0.4, -0.2) is 44.3 Å². The molecule has 7 nitrogen and oxygen atoms in total. The summed E-state index contributed by atoms with van der Waals surface area (Å²) in [5.74, 6) is -0.445. The van der Waals surface area contributed by atoms with Crippen molar-refractivity contribution >= 4 is 29.0 Å². The molecule has 0 aliphatic rings. The minimum Gasteiger partial charge on any atom is -0.497 e. The van der Waals surface area contributed by atoms with Crippen molar-refractivity contribution < 1.29 is 14.6 Å². The first-order valence-corrected chi connectivity index (χ1v) is 9.13. The van der Waals surface area contributed by atoms with Crippen LogP contribution < -0.4 is 4.74 Å². The Balaban J connectivity index is 2.56. The van der Waals surface area contributed by atoms with Gasteiger partial charge in [-0.15, -0.1) is 16.7 Å². The lowest BCUT2D eigenvalue weighted by molar-refractivity contribution is 0.0690. The Morgan fingerprint density at radius 2 is 2.07 bits per heavy atom. The summed E-state index contributed by atoms with van der Waals surface area (Å²) in [5.41, 5.74) is 2.17. The van der Waals surface area contributed by atoms with Gasteiger partial charge in [-0.25, -0.2) is 9.48 Å². The highest BCUT2D eigenvalue weighted by Crippen LogP contribution is 2.23. The van der Waals surface area contributed by atoms with E-state index in [0.717, 1.165) is 11.3 Å². The Kier molecular flexibility index (Phi) is 7.52. The number of carboxylic acids is 1. The van der Waals surface area contributed by atoms with Crippen molar-refractivity contribution in [1.82, 2.24) is 15.0 Å². The lowest BCUT2D eigenvalue weighted by Crippen LogP contribution is -2.10. The van der Waals surface area contributed by atoms with Crippen molar-refractivity contribution in [3.63, 3.8) is 0 Å². The van der Waals surface area contributed by atoms with E-state index in [4.69, 9.17) is 16.3 Å². The van der Waals surface area contributed by atoms with Gasteiger partial charge in [-0.2, -0.15) is 0 Å². The number of nitrogens with zero attached hydrogens (tertiary/aromatic N) is 4. The van der Waals surface area contributed by atoms with E-state index in [0.29, 0.717) is 23.6 Å². The third kappa shape index (κ3) is 5.53. The Morgan fingerprint density at radius 3 is 2.61 bits per heavy atom. The molecule has 0 saturated heterocycles. The molecule has 1 unspecified atom stereocenters. The molecule has 0 aliphatic carbocycles. The van der Waals surface area contributed by atoms with Crippen LogP contribution in [0.1, 0.15) is 42.5 Å². The number of allylic oxidation sites excluding steroid dienone is 3. The number of alkyl halides is 1. The van der Waals surface area contributed by atoms with E-state index < -0.39 is 5.97 Å². The highest BCUT2D eigenvalue weighted by molar-refractivity contribution is 6.22. The van der Waals surface area contributed by atoms with Crippen LogP contribution in [0.2, 0.25) is 0 Å². The second-order valence-electron chi connectivity index (χ2n) is 6.08. The topological polar surface area (TPSA) is 89.6 Å². The number of hydrogen-bond acceptors (Lipinski definition) is 5. The van der Waals surface area contributed by atoms with Crippen molar-refractivity contribution in [3.8, 4) is 5.75 Å². The van der Waals surface area contributed by atoms with Crippen molar-refractivity contribution in [1.29, 1.82) is 0 Å². The van der Waals surface area contributed by atoms with Gasteiger partial charge in [0, 0.05) is 5.71 Å². The minimum absolute atomic E-state index is 0.172. The molecule has 0 fully saturated rings. The lowest BCUT2D eigenvalue weighted by Gasteiger charge is -2.10. The molecule has 148 valence electrons. The van der Waals surface area contributed by atoms with E-state index in [9.17, 15) is 9.90 Å². The van der Waals surface area contributed by atoms with Gasteiger partial charge in [-0.1, -0.05) is 23.4 Å². The first-order valence-electron chi connectivity index (χ1n) is 8.69. The summed E-state index contributed by atoms with van der Waals surface area (Å²) < 4.78 is 6.68. The highest BCUT2D eigenvalue weighted by Gasteiger charge is 2.23. The molecule has 0 amide bonds.